The van der Waals surface area contributed by atoms with Crippen LogP contribution < -0.4 is 11.0 Å². The lowest BCUT2D eigenvalue weighted by atomic mass is 10.0. The van der Waals surface area contributed by atoms with E-state index in [-0.39, 0.29) is 5.69 Å². The van der Waals surface area contributed by atoms with E-state index in [1.807, 2.05) is 31.3 Å². The SMILES string of the molecule is CNCCc1ccccc1-c1n[nH]c(=O)[nH]1. The van der Waals surface area contributed by atoms with Crippen LogP contribution >= 0.6 is 0 Å². The highest BCUT2D eigenvalue weighted by atomic mass is 16.1. The van der Waals surface area contributed by atoms with Gasteiger partial charge in [-0.05, 0) is 25.6 Å². The number of likely N-dealkylation sites (N-methyl/N-ethyl adjacent to an activating group) is 1. The molecule has 2 aromatic rings. The van der Waals surface area contributed by atoms with Crippen LogP contribution in [0.5, 0.6) is 0 Å². The van der Waals surface area contributed by atoms with E-state index >= 15 is 0 Å². The maximum Gasteiger partial charge on any atom is 0.340 e. The van der Waals surface area contributed by atoms with E-state index in [2.05, 4.69) is 20.5 Å². The van der Waals surface area contributed by atoms with E-state index in [4.69, 9.17) is 0 Å². The van der Waals surface area contributed by atoms with Crippen LogP contribution in [0.25, 0.3) is 11.4 Å². The van der Waals surface area contributed by atoms with Crippen LogP contribution in [0, 0.1) is 0 Å². The quantitative estimate of drug-likeness (QED) is 0.700. The van der Waals surface area contributed by atoms with Gasteiger partial charge < -0.3 is 5.32 Å². The molecule has 3 N–H and O–H groups in total. The fourth-order valence-corrected chi connectivity index (χ4v) is 1.63. The fourth-order valence-electron chi connectivity index (χ4n) is 1.63. The zero-order valence-electron chi connectivity index (χ0n) is 9.08. The molecule has 84 valence electrons. The molecule has 5 nitrogen and oxygen atoms in total. The summed E-state index contributed by atoms with van der Waals surface area (Å²) in [5.41, 5.74) is 1.86. The van der Waals surface area contributed by atoms with E-state index in [0.29, 0.717) is 5.82 Å². The Morgan fingerprint density at radius 3 is 2.88 bits per heavy atom. The highest BCUT2D eigenvalue weighted by Gasteiger charge is 2.07. The molecule has 16 heavy (non-hydrogen) atoms. The lowest BCUT2D eigenvalue weighted by molar-refractivity contribution is 0.792. The van der Waals surface area contributed by atoms with Crippen molar-refractivity contribution >= 4 is 0 Å². The second-order valence-corrected chi connectivity index (χ2v) is 3.54. The summed E-state index contributed by atoms with van der Waals surface area (Å²) in [6.07, 6.45) is 0.904. The summed E-state index contributed by atoms with van der Waals surface area (Å²) in [6, 6.07) is 7.92. The molecule has 1 aromatic heterocycles. The Morgan fingerprint density at radius 1 is 1.38 bits per heavy atom. The van der Waals surface area contributed by atoms with Crippen molar-refractivity contribution in [2.75, 3.05) is 13.6 Å². The van der Waals surface area contributed by atoms with Gasteiger partial charge >= 0.3 is 5.69 Å². The zero-order chi connectivity index (χ0) is 11.4. The van der Waals surface area contributed by atoms with E-state index in [9.17, 15) is 4.79 Å². The Morgan fingerprint density at radius 2 is 2.19 bits per heavy atom. The Labute approximate surface area is 92.9 Å². The molecule has 0 aliphatic rings. The standard InChI is InChI=1S/C11H14N4O/c1-12-7-6-8-4-2-3-5-9(8)10-13-11(16)15-14-10/h2-5,12H,6-7H2,1H3,(H2,13,14,15,16). The third-order valence-electron chi connectivity index (χ3n) is 2.42. The van der Waals surface area contributed by atoms with E-state index in [1.165, 1.54) is 5.56 Å². The smallest absolute Gasteiger partial charge is 0.319 e. The molecule has 0 amide bonds. The molecule has 0 aliphatic heterocycles. The van der Waals surface area contributed by atoms with Gasteiger partial charge in [-0.25, -0.2) is 9.89 Å². The average Bonchev–Trinajstić information content (AvgIpc) is 2.73. The van der Waals surface area contributed by atoms with Crippen LogP contribution in [0.2, 0.25) is 0 Å². The van der Waals surface area contributed by atoms with Gasteiger partial charge in [0.25, 0.3) is 0 Å². The summed E-state index contributed by atoms with van der Waals surface area (Å²) in [7, 11) is 1.92. The molecule has 0 radical (unpaired) electrons. The number of benzene rings is 1. The Hall–Kier alpha value is -1.88. The van der Waals surface area contributed by atoms with Crippen LogP contribution in [-0.2, 0) is 6.42 Å². The minimum Gasteiger partial charge on any atom is -0.319 e. The van der Waals surface area contributed by atoms with Crippen molar-refractivity contribution in [2.45, 2.75) is 6.42 Å². The molecule has 1 heterocycles. The Kier molecular flexibility index (Phi) is 3.16. The first-order valence-corrected chi connectivity index (χ1v) is 5.19. The van der Waals surface area contributed by atoms with E-state index < -0.39 is 0 Å². The number of hydrogen-bond acceptors (Lipinski definition) is 3. The number of aromatic nitrogens is 3. The molecule has 0 spiro atoms. The third kappa shape index (κ3) is 2.20. The predicted molar refractivity (Wildman–Crippen MR) is 62.3 cm³/mol. The van der Waals surface area contributed by atoms with Crippen LogP contribution in [-0.4, -0.2) is 28.8 Å². The number of hydrogen-bond donors (Lipinski definition) is 3. The van der Waals surface area contributed by atoms with Gasteiger partial charge in [-0.15, -0.1) is 0 Å². The monoisotopic (exact) mass is 218 g/mol. The second-order valence-electron chi connectivity index (χ2n) is 3.54. The number of rotatable bonds is 4. The summed E-state index contributed by atoms with van der Waals surface area (Å²) < 4.78 is 0. The fraction of sp³-hybridized carbons (Fsp3) is 0.273. The second kappa shape index (κ2) is 4.76. The molecule has 0 saturated carbocycles. The van der Waals surface area contributed by atoms with Gasteiger partial charge in [0, 0.05) is 5.56 Å². The van der Waals surface area contributed by atoms with Gasteiger partial charge in [0.15, 0.2) is 5.82 Å². The van der Waals surface area contributed by atoms with Gasteiger partial charge in [0.2, 0.25) is 0 Å². The van der Waals surface area contributed by atoms with Gasteiger partial charge in [-0.2, -0.15) is 5.10 Å². The number of aromatic amines is 2. The highest BCUT2D eigenvalue weighted by Crippen LogP contribution is 2.18. The predicted octanol–water partition coefficient (Wildman–Crippen LogP) is 0.527. The van der Waals surface area contributed by atoms with Gasteiger partial charge in [-0.3, -0.25) is 4.98 Å². The molecule has 1 aromatic carbocycles. The van der Waals surface area contributed by atoms with Crippen LogP contribution in [0.4, 0.5) is 0 Å². The maximum absolute atomic E-state index is 11.0. The van der Waals surface area contributed by atoms with Crippen molar-refractivity contribution in [1.29, 1.82) is 0 Å². The maximum atomic E-state index is 11.0. The van der Waals surface area contributed by atoms with Crippen LogP contribution in [0.15, 0.2) is 29.1 Å². The number of nitrogens with zero attached hydrogens (tertiary/aromatic N) is 1. The molecule has 0 atom stereocenters. The van der Waals surface area contributed by atoms with Crippen LogP contribution in [0.1, 0.15) is 5.56 Å². The van der Waals surface area contributed by atoms with Crippen molar-refractivity contribution in [3.05, 3.63) is 40.3 Å². The molecule has 0 unspecified atom stereocenters. The van der Waals surface area contributed by atoms with Gasteiger partial charge in [-0.1, -0.05) is 24.3 Å². The number of H-pyrrole nitrogens is 2. The summed E-state index contributed by atoms with van der Waals surface area (Å²) in [5.74, 6) is 0.594. The summed E-state index contributed by atoms with van der Waals surface area (Å²) in [4.78, 5) is 13.7. The van der Waals surface area contributed by atoms with Crippen molar-refractivity contribution in [1.82, 2.24) is 20.5 Å². The molecule has 0 saturated heterocycles. The topological polar surface area (TPSA) is 73.6 Å². The molecule has 2 rings (SSSR count). The lowest BCUT2D eigenvalue weighted by Crippen LogP contribution is -2.11. The van der Waals surface area contributed by atoms with Crippen molar-refractivity contribution < 1.29 is 0 Å². The van der Waals surface area contributed by atoms with Crippen molar-refractivity contribution in [3.8, 4) is 11.4 Å². The first kappa shape index (κ1) is 10.6. The normalized spacial score (nSPS) is 10.6. The van der Waals surface area contributed by atoms with E-state index in [1.54, 1.807) is 0 Å². The highest BCUT2D eigenvalue weighted by molar-refractivity contribution is 5.59. The molecule has 5 heteroatoms. The first-order chi connectivity index (χ1) is 7.81. The number of nitrogens with one attached hydrogen (secondary N) is 3. The minimum atomic E-state index is -0.279. The molecular formula is C11H14N4O. The lowest BCUT2D eigenvalue weighted by Gasteiger charge is -2.05. The van der Waals surface area contributed by atoms with Crippen molar-refractivity contribution in [2.24, 2.45) is 0 Å². The summed E-state index contributed by atoms with van der Waals surface area (Å²) in [5, 5.41) is 9.41. The largest absolute Gasteiger partial charge is 0.340 e. The molecule has 0 bridgehead atoms. The minimum absolute atomic E-state index is 0.279. The molecular weight excluding hydrogens is 204 g/mol. The van der Waals surface area contributed by atoms with Crippen LogP contribution in [0.3, 0.4) is 0 Å². The van der Waals surface area contributed by atoms with Crippen molar-refractivity contribution in [3.63, 3.8) is 0 Å². The van der Waals surface area contributed by atoms with Gasteiger partial charge in [0.1, 0.15) is 0 Å². The summed E-state index contributed by atoms with van der Waals surface area (Å²) >= 11 is 0. The van der Waals surface area contributed by atoms with E-state index in [0.717, 1.165) is 18.5 Å². The molecule has 0 aliphatic carbocycles. The third-order valence-corrected chi connectivity index (χ3v) is 2.42. The Balaban J connectivity index is 2.36. The van der Waals surface area contributed by atoms with Gasteiger partial charge in [0.05, 0.1) is 0 Å². The first-order valence-electron chi connectivity index (χ1n) is 5.19. The Bertz CT molecular complexity index is 514. The molecule has 0 fully saturated rings. The zero-order valence-corrected chi connectivity index (χ0v) is 9.08. The summed E-state index contributed by atoms with van der Waals surface area (Å²) in [6.45, 7) is 0.895. The average molecular weight is 218 g/mol.